The zero-order chi connectivity index (χ0) is 12.1. The molecule has 0 bridgehead atoms. The van der Waals surface area contributed by atoms with Crippen LogP contribution in [0.15, 0.2) is 47.1 Å². The maximum absolute atomic E-state index is 10.6. The third-order valence-corrected chi connectivity index (χ3v) is 2.64. The number of aromatic nitrogens is 1. The molecule has 0 spiro atoms. The van der Waals surface area contributed by atoms with E-state index < -0.39 is 0 Å². The van der Waals surface area contributed by atoms with Crippen molar-refractivity contribution < 1.29 is 9.53 Å². The first-order valence-corrected chi connectivity index (χ1v) is 5.86. The Morgan fingerprint density at radius 2 is 2.18 bits per heavy atom. The molecule has 3 nitrogen and oxygen atoms in total. The highest BCUT2D eigenvalue weighted by atomic mass is 79.9. The molecule has 1 aromatic carbocycles. The van der Waals surface area contributed by atoms with Crippen molar-refractivity contribution in [3.05, 3.63) is 58.3 Å². The summed E-state index contributed by atoms with van der Waals surface area (Å²) in [6, 6.07) is 10.8. The van der Waals surface area contributed by atoms with Gasteiger partial charge in [-0.15, -0.1) is 0 Å². The van der Waals surface area contributed by atoms with Gasteiger partial charge in [-0.05, 0) is 40.2 Å². The van der Waals surface area contributed by atoms with Gasteiger partial charge in [-0.1, -0.05) is 12.1 Å². The van der Waals surface area contributed by atoms with E-state index in [4.69, 9.17) is 4.74 Å². The first-order chi connectivity index (χ1) is 8.28. The number of halogens is 1. The van der Waals surface area contributed by atoms with Crippen LogP contribution in [0.4, 0.5) is 0 Å². The Bertz CT molecular complexity index is 511. The molecule has 17 heavy (non-hydrogen) atoms. The highest BCUT2D eigenvalue weighted by Gasteiger charge is 1.98. The van der Waals surface area contributed by atoms with Crippen molar-refractivity contribution in [2.75, 3.05) is 0 Å². The lowest BCUT2D eigenvalue weighted by Crippen LogP contribution is -1.98. The van der Waals surface area contributed by atoms with Gasteiger partial charge in [-0.25, -0.2) is 0 Å². The van der Waals surface area contributed by atoms with Crippen molar-refractivity contribution in [3.8, 4) is 5.75 Å². The number of nitrogens with zero attached hydrogens (tertiary/aromatic N) is 1. The van der Waals surface area contributed by atoms with Gasteiger partial charge in [0.2, 0.25) is 0 Å². The molecule has 0 aliphatic heterocycles. The topological polar surface area (TPSA) is 39.2 Å². The number of hydrogen-bond donors (Lipinski definition) is 0. The minimum absolute atomic E-state index is 0.385. The molecule has 0 aliphatic rings. The second-order valence-corrected chi connectivity index (χ2v) is 4.36. The van der Waals surface area contributed by atoms with Gasteiger partial charge in [0.15, 0.2) is 0 Å². The van der Waals surface area contributed by atoms with Crippen molar-refractivity contribution in [1.82, 2.24) is 4.98 Å². The normalized spacial score (nSPS) is 9.94. The number of hydrogen-bond acceptors (Lipinski definition) is 3. The maximum atomic E-state index is 10.6. The van der Waals surface area contributed by atoms with Crippen LogP contribution in [0.2, 0.25) is 0 Å². The summed E-state index contributed by atoms with van der Waals surface area (Å²) in [4.78, 5) is 14.8. The van der Waals surface area contributed by atoms with Crippen LogP contribution < -0.4 is 4.74 Å². The Balaban J connectivity index is 2.01. The second kappa shape index (κ2) is 5.59. The predicted molar refractivity (Wildman–Crippen MR) is 68.1 cm³/mol. The molecule has 1 heterocycles. The molecule has 4 heteroatoms. The Kier molecular flexibility index (Phi) is 3.88. The molecule has 0 radical (unpaired) electrons. The van der Waals surface area contributed by atoms with Crippen LogP contribution in [0.25, 0.3) is 0 Å². The summed E-state index contributed by atoms with van der Waals surface area (Å²) < 4.78 is 6.47. The van der Waals surface area contributed by atoms with Gasteiger partial charge < -0.3 is 4.74 Å². The number of pyridine rings is 1. The number of benzene rings is 1. The molecule has 2 aromatic rings. The average Bonchev–Trinajstić information content (AvgIpc) is 2.38. The Hall–Kier alpha value is -1.68. The van der Waals surface area contributed by atoms with Crippen LogP contribution in [0, 0.1) is 0 Å². The zero-order valence-electron chi connectivity index (χ0n) is 8.97. The molecule has 1 aromatic heterocycles. The number of carbonyl (C=O) groups is 1. The summed E-state index contributed by atoms with van der Waals surface area (Å²) in [6.45, 7) is 0.385. The SMILES string of the molecule is O=Cc1cccc(OCc2ccc(Br)cn2)c1. The van der Waals surface area contributed by atoms with E-state index in [0.717, 1.165) is 16.5 Å². The fourth-order valence-corrected chi connectivity index (χ4v) is 1.56. The monoisotopic (exact) mass is 291 g/mol. The number of rotatable bonds is 4. The van der Waals surface area contributed by atoms with Crippen molar-refractivity contribution >= 4 is 22.2 Å². The third kappa shape index (κ3) is 3.39. The van der Waals surface area contributed by atoms with Crippen LogP contribution in [-0.4, -0.2) is 11.3 Å². The van der Waals surface area contributed by atoms with Crippen LogP contribution >= 0.6 is 15.9 Å². The van der Waals surface area contributed by atoms with Crippen molar-refractivity contribution in [2.24, 2.45) is 0 Å². The molecule has 2 rings (SSSR count). The largest absolute Gasteiger partial charge is 0.487 e. The van der Waals surface area contributed by atoms with E-state index in [1.165, 1.54) is 0 Å². The molecule has 0 amide bonds. The lowest BCUT2D eigenvalue weighted by Gasteiger charge is -2.05. The highest BCUT2D eigenvalue weighted by Crippen LogP contribution is 2.14. The minimum atomic E-state index is 0.385. The summed E-state index contributed by atoms with van der Waals surface area (Å²) >= 11 is 3.32. The fraction of sp³-hybridized carbons (Fsp3) is 0.0769. The molecule has 0 unspecified atom stereocenters. The first-order valence-electron chi connectivity index (χ1n) is 5.06. The molecule has 0 aliphatic carbocycles. The van der Waals surface area contributed by atoms with E-state index >= 15 is 0 Å². The minimum Gasteiger partial charge on any atom is -0.487 e. The zero-order valence-corrected chi connectivity index (χ0v) is 10.6. The molecule has 0 N–H and O–H groups in total. The molecule has 0 fully saturated rings. The van der Waals surface area contributed by atoms with Crippen molar-refractivity contribution in [2.45, 2.75) is 6.61 Å². The summed E-state index contributed by atoms with van der Waals surface area (Å²) in [6.07, 6.45) is 2.52. The van der Waals surface area contributed by atoms with Crippen molar-refractivity contribution in [1.29, 1.82) is 0 Å². The van der Waals surface area contributed by atoms with E-state index in [-0.39, 0.29) is 0 Å². The van der Waals surface area contributed by atoms with E-state index in [1.54, 1.807) is 24.4 Å². The van der Waals surface area contributed by atoms with E-state index in [1.807, 2.05) is 18.2 Å². The van der Waals surface area contributed by atoms with E-state index in [2.05, 4.69) is 20.9 Å². The first kappa shape index (κ1) is 11.8. The van der Waals surface area contributed by atoms with Gasteiger partial charge in [-0.2, -0.15) is 0 Å². The summed E-state index contributed by atoms with van der Waals surface area (Å²) in [5, 5.41) is 0. The molecule has 0 saturated heterocycles. The van der Waals surface area contributed by atoms with Crippen LogP contribution in [0.5, 0.6) is 5.75 Å². The van der Waals surface area contributed by atoms with E-state index in [0.29, 0.717) is 17.9 Å². The molecular formula is C13H10BrNO2. The quantitative estimate of drug-likeness (QED) is 0.812. The van der Waals surface area contributed by atoms with Crippen LogP contribution in [-0.2, 0) is 6.61 Å². The van der Waals surface area contributed by atoms with Crippen LogP contribution in [0.1, 0.15) is 16.1 Å². The molecular weight excluding hydrogens is 282 g/mol. The Labute approximate surface area is 108 Å². The lowest BCUT2D eigenvalue weighted by molar-refractivity contribution is 0.112. The van der Waals surface area contributed by atoms with Gasteiger partial charge in [-0.3, -0.25) is 9.78 Å². The van der Waals surface area contributed by atoms with Crippen LogP contribution in [0.3, 0.4) is 0 Å². The summed E-state index contributed by atoms with van der Waals surface area (Å²) in [7, 11) is 0. The Morgan fingerprint density at radius 3 is 2.88 bits per heavy atom. The average molecular weight is 292 g/mol. The van der Waals surface area contributed by atoms with Gasteiger partial charge in [0, 0.05) is 16.2 Å². The smallest absolute Gasteiger partial charge is 0.150 e. The molecule has 86 valence electrons. The predicted octanol–water partition coefficient (Wildman–Crippen LogP) is 3.24. The summed E-state index contributed by atoms with van der Waals surface area (Å²) in [5.41, 5.74) is 1.44. The second-order valence-electron chi connectivity index (χ2n) is 3.45. The number of ether oxygens (including phenoxy) is 1. The fourth-order valence-electron chi connectivity index (χ4n) is 1.33. The van der Waals surface area contributed by atoms with E-state index in [9.17, 15) is 4.79 Å². The number of aldehydes is 1. The van der Waals surface area contributed by atoms with Crippen molar-refractivity contribution in [3.63, 3.8) is 0 Å². The highest BCUT2D eigenvalue weighted by molar-refractivity contribution is 9.10. The maximum Gasteiger partial charge on any atom is 0.150 e. The van der Waals surface area contributed by atoms with Gasteiger partial charge in [0.05, 0.1) is 5.69 Å². The molecule has 0 atom stereocenters. The van der Waals surface area contributed by atoms with Gasteiger partial charge >= 0.3 is 0 Å². The Morgan fingerprint density at radius 1 is 1.29 bits per heavy atom. The van der Waals surface area contributed by atoms with Gasteiger partial charge in [0.25, 0.3) is 0 Å². The third-order valence-electron chi connectivity index (χ3n) is 2.17. The standard InChI is InChI=1S/C13H10BrNO2/c14-11-4-5-12(15-7-11)9-17-13-3-1-2-10(6-13)8-16/h1-8H,9H2. The molecule has 0 saturated carbocycles. The number of carbonyl (C=O) groups excluding carboxylic acids is 1. The lowest BCUT2D eigenvalue weighted by atomic mass is 10.2. The summed E-state index contributed by atoms with van der Waals surface area (Å²) in [5.74, 6) is 0.666. The van der Waals surface area contributed by atoms with Gasteiger partial charge in [0.1, 0.15) is 18.6 Å².